The summed E-state index contributed by atoms with van der Waals surface area (Å²) in [5.74, 6) is -1.22. The quantitative estimate of drug-likeness (QED) is 0.403. The fraction of sp³-hybridized carbons (Fsp3) is 0.167. The molecule has 0 bridgehead atoms. The minimum atomic E-state index is -0.993. The van der Waals surface area contributed by atoms with Crippen molar-refractivity contribution in [1.82, 2.24) is 24.3 Å². The lowest BCUT2D eigenvalue weighted by molar-refractivity contribution is 0.0697. The lowest BCUT2D eigenvalue weighted by Crippen LogP contribution is -2.06. The number of aromatic amines is 1. The van der Waals surface area contributed by atoms with Gasteiger partial charge in [-0.15, -0.1) is 0 Å². The van der Waals surface area contributed by atoms with E-state index in [-0.39, 0.29) is 11.5 Å². The number of aromatic carboxylic acids is 1. The third-order valence-electron chi connectivity index (χ3n) is 5.87. The number of nitrogens with one attached hydrogen (secondary N) is 1. The number of fused-ring (bicyclic) bond motifs is 1. The zero-order valence-electron chi connectivity index (χ0n) is 18.0. The first kappa shape index (κ1) is 20.5. The predicted octanol–water partition coefficient (Wildman–Crippen LogP) is 4.35. The summed E-state index contributed by atoms with van der Waals surface area (Å²) in [7, 11) is 0. The van der Waals surface area contributed by atoms with E-state index in [1.807, 2.05) is 66.9 Å². The number of carboxylic acids is 1. The van der Waals surface area contributed by atoms with Crippen LogP contribution in [0.3, 0.4) is 0 Å². The van der Waals surface area contributed by atoms with Crippen LogP contribution in [-0.4, -0.2) is 35.4 Å². The number of rotatable bonds is 6. The van der Waals surface area contributed by atoms with Crippen LogP contribution in [0.15, 0.2) is 70.2 Å². The van der Waals surface area contributed by atoms with Crippen molar-refractivity contribution in [2.75, 3.05) is 0 Å². The van der Waals surface area contributed by atoms with Crippen molar-refractivity contribution in [3.63, 3.8) is 0 Å². The lowest BCUT2D eigenvalue weighted by atomic mass is 9.99. The third kappa shape index (κ3) is 3.43. The van der Waals surface area contributed by atoms with Crippen LogP contribution < -0.4 is 5.76 Å². The standard InChI is InChI=1S/C24H21N5O4/c1-3-14(2)20-19(23(30)31)22-28(12-13-29(22)26-20)16-10-8-15(9-11-16)17-6-4-5-7-18(17)21-25-24(32)33-27-21/h4-14H,3H2,1-2H3,(H,30,31)(H,25,27,32). The van der Waals surface area contributed by atoms with Gasteiger partial charge in [0.1, 0.15) is 5.56 Å². The van der Waals surface area contributed by atoms with Gasteiger partial charge in [0.25, 0.3) is 0 Å². The topological polar surface area (TPSA) is 118 Å². The van der Waals surface area contributed by atoms with E-state index in [2.05, 4.69) is 19.8 Å². The van der Waals surface area contributed by atoms with Gasteiger partial charge in [-0.25, -0.2) is 14.1 Å². The van der Waals surface area contributed by atoms with E-state index in [9.17, 15) is 14.7 Å². The van der Waals surface area contributed by atoms with Crippen molar-refractivity contribution >= 4 is 11.6 Å². The highest BCUT2D eigenvalue weighted by molar-refractivity contribution is 5.96. The smallest absolute Gasteiger partial charge is 0.439 e. The molecule has 0 saturated carbocycles. The highest BCUT2D eigenvalue weighted by atomic mass is 16.5. The molecule has 0 aliphatic carbocycles. The number of benzene rings is 2. The van der Waals surface area contributed by atoms with E-state index in [4.69, 9.17) is 0 Å². The van der Waals surface area contributed by atoms with Crippen molar-refractivity contribution < 1.29 is 14.4 Å². The zero-order chi connectivity index (χ0) is 23.1. The zero-order valence-corrected chi connectivity index (χ0v) is 18.0. The predicted molar refractivity (Wildman–Crippen MR) is 122 cm³/mol. The van der Waals surface area contributed by atoms with Gasteiger partial charge in [-0.3, -0.25) is 14.1 Å². The highest BCUT2D eigenvalue weighted by Gasteiger charge is 2.25. The van der Waals surface area contributed by atoms with Gasteiger partial charge in [-0.05, 0) is 29.7 Å². The molecule has 9 heteroatoms. The van der Waals surface area contributed by atoms with Crippen LogP contribution in [0.1, 0.15) is 42.2 Å². The Hall–Kier alpha value is -4.40. The van der Waals surface area contributed by atoms with Crippen molar-refractivity contribution in [3.05, 3.63) is 82.7 Å². The Bertz CT molecular complexity index is 1520. The first-order chi connectivity index (χ1) is 16.0. The Morgan fingerprint density at radius 2 is 1.85 bits per heavy atom. The number of carbonyl (C=O) groups is 1. The molecule has 166 valence electrons. The van der Waals surface area contributed by atoms with Crippen molar-refractivity contribution in [2.24, 2.45) is 0 Å². The molecule has 0 spiro atoms. The molecule has 5 aromatic rings. The molecule has 0 saturated heterocycles. The monoisotopic (exact) mass is 443 g/mol. The van der Waals surface area contributed by atoms with Crippen LogP contribution in [0.2, 0.25) is 0 Å². The van der Waals surface area contributed by atoms with Gasteiger partial charge in [0.2, 0.25) is 0 Å². The van der Waals surface area contributed by atoms with E-state index in [1.54, 1.807) is 16.9 Å². The number of hydrogen-bond acceptors (Lipinski definition) is 5. The Morgan fingerprint density at radius 3 is 2.48 bits per heavy atom. The second kappa shape index (κ2) is 7.94. The van der Waals surface area contributed by atoms with Crippen LogP contribution in [0.25, 0.3) is 33.8 Å². The number of hydrogen-bond donors (Lipinski definition) is 2. The summed E-state index contributed by atoms with van der Waals surface area (Å²) in [6.07, 6.45) is 4.36. The molecule has 33 heavy (non-hydrogen) atoms. The van der Waals surface area contributed by atoms with Gasteiger partial charge in [-0.2, -0.15) is 5.10 Å². The SMILES string of the molecule is CCC(C)c1nn2ccn(-c3ccc(-c4ccccc4-c4noc(=O)[nH]4)cc3)c2c1C(=O)O. The van der Waals surface area contributed by atoms with Crippen LogP contribution >= 0.6 is 0 Å². The number of nitrogens with zero attached hydrogens (tertiary/aromatic N) is 4. The fourth-order valence-corrected chi connectivity index (χ4v) is 4.02. The van der Waals surface area contributed by atoms with Crippen LogP contribution in [0, 0.1) is 0 Å². The lowest BCUT2D eigenvalue weighted by Gasteiger charge is -2.10. The van der Waals surface area contributed by atoms with E-state index < -0.39 is 11.7 Å². The molecule has 3 aromatic heterocycles. The molecular weight excluding hydrogens is 422 g/mol. The summed E-state index contributed by atoms with van der Waals surface area (Å²) in [5, 5.41) is 18.2. The van der Waals surface area contributed by atoms with Gasteiger partial charge in [-0.1, -0.05) is 55.4 Å². The third-order valence-corrected chi connectivity index (χ3v) is 5.87. The molecule has 5 rings (SSSR count). The molecule has 2 aromatic carbocycles. The molecule has 3 heterocycles. The Kier molecular flexibility index (Phi) is 4.93. The summed E-state index contributed by atoms with van der Waals surface area (Å²) in [6, 6.07) is 15.3. The van der Waals surface area contributed by atoms with Gasteiger partial charge >= 0.3 is 11.7 Å². The molecule has 9 nitrogen and oxygen atoms in total. The molecular formula is C24H21N5O4. The van der Waals surface area contributed by atoms with Crippen molar-refractivity contribution in [3.8, 4) is 28.2 Å². The summed E-state index contributed by atoms with van der Waals surface area (Å²) in [6.45, 7) is 3.99. The van der Waals surface area contributed by atoms with Crippen LogP contribution in [-0.2, 0) is 0 Å². The van der Waals surface area contributed by atoms with Gasteiger partial charge in [0.15, 0.2) is 11.5 Å². The molecule has 0 fully saturated rings. The van der Waals surface area contributed by atoms with Crippen molar-refractivity contribution in [1.29, 1.82) is 0 Å². The number of H-pyrrole nitrogens is 1. The van der Waals surface area contributed by atoms with Gasteiger partial charge in [0, 0.05) is 29.6 Å². The fourth-order valence-electron chi connectivity index (χ4n) is 4.02. The molecule has 1 atom stereocenters. The molecule has 0 aliphatic heterocycles. The number of aromatic nitrogens is 5. The summed E-state index contributed by atoms with van der Waals surface area (Å²) in [4.78, 5) is 26.1. The largest absolute Gasteiger partial charge is 0.477 e. The maximum atomic E-state index is 12.1. The van der Waals surface area contributed by atoms with E-state index in [1.165, 1.54) is 0 Å². The minimum absolute atomic E-state index is 0.0336. The molecule has 0 amide bonds. The average Bonchev–Trinajstić information content (AvgIpc) is 3.53. The number of carboxylic acid groups (broad SMARTS) is 1. The summed E-state index contributed by atoms with van der Waals surface area (Å²) >= 11 is 0. The molecule has 0 aliphatic rings. The average molecular weight is 443 g/mol. The second-order valence-electron chi connectivity index (χ2n) is 7.85. The van der Waals surface area contributed by atoms with Crippen molar-refractivity contribution in [2.45, 2.75) is 26.2 Å². The first-order valence-corrected chi connectivity index (χ1v) is 10.6. The van der Waals surface area contributed by atoms with E-state index in [0.717, 1.165) is 28.8 Å². The summed E-state index contributed by atoms with van der Waals surface area (Å²) in [5.41, 5.74) is 4.65. The van der Waals surface area contributed by atoms with Crippen LogP contribution in [0.5, 0.6) is 0 Å². The molecule has 0 radical (unpaired) electrons. The molecule has 2 N–H and O–H groups in total. The summed E-state index contributed by atoms with van der Waals surface area (Å²) < 4.78 is 8.10. The molecule has 1 unspecified atom stereocenters. The maximum absolute atomic E-state index is 12.1. The minimum Gasteiger partial charge on any atom is -0.477 e. The Balaban J connectivity index is 1.59. The van der Waals surface area contributed by atoms with E-state index >= 15 is 0 Å². The number of imidazole rings is 1. The normalized spacial score (nSPS) is 12.3. The second-order valence-corrected chi connectivity index (χ2v) is 7.85. The highest BCUT2D eigenvalue weighted by Crippen LogP contribution is 2.31. The van der Waals surface area contributed by atoms with Crippen LogP contribution in [0.4, 0.5) is 0 Å². The maximum Gasteiger partial charge on any atom is 0.439 e. The Labute approximate surface area is 187 Å². The van der Waals surface area contributed by atoms with Gasteiger partial charge in [0.05, 0.1) is 5.69 Å². The van der Waals surface area contributed by atoms with Gasteiger partial charge < -0.3 is 5.11 Å². The van der Waals surface area contributed by atoms with E-state index in [0.29, 0.717) is 17.2 Å². The first-order valence-electron chi connectivity index (χ1n) is 10.6. The Morgan fingerprint density at radius 1 is 1.12 bits per heavy atom.